The van der Waals surface area contributed by atoms with Gasteiger partial charge in [0.05, 0.1) is 18.2 Å². The normalized spacial score (nSPS) is 19.0. The summed E-state index contributed by atoms with van der Waals surface area (Å²) in [7, 11) is 0. The van der Waals surface area contributed by atoms with Crippen LogP contribution in [0, 0.1) is 5.82 Å². The van der Waals surface area contributed by atoms with Crippen LogP contribution in [0.5, 0.6) is 11.5 Å². The lowest BCUT2D eigenvalue weighted by Gasteiger charge is -2.23. The third-order valence-electron chi connectivity index (χ3n) is 7.17. The monoisotopic (exact) mass is 617 g/mol. The Hall–Kier alpha value is -4.22. The molecule has 4 aromatic rings. The van der Waals surface area contributed by atoms with E-state index in [0.29, 0.717) is 45.6 Å². The molecule has 0 radical (unpaired) electrons. The Balaban J connectivity index is 1.40. The number of aliphatic hydroxyl groups excluding tert-OH is 1. The molecule has 1 amide bonds. The van der Waals surface area contributed by atoms with Crippen LogP contribution in [-0.4, -0.2) is 39.7 Å². The van der Waals surface area contributed by atoms with Gasteiger partial charge in [-0.1, -0.05) is 60.4 Å². The minimum Gasteiger partial charge on any atom is -0.507 e. The summed E-state index contributed by atoms with van der Waals surface area (Å²) in [5.41, 5.74) is 2.36. The maximum absolute atomic E-state index is 14.2. The molecule has 6 rings (SSSR count). The fourth-order valence-electron chi connectivity index (χ4n) is 5.18. The number of halogens is 1. The Labute approximate surface area is 256 Å². The van der Waals surface area contributed by atoms with E-state index in [2.05, 4.69) is 10.2 Å². The van der Waals surface area contributed by atoms with E-state index in [1.54, 1.807) is 60.7 Å². The Morgan fingerprint density at radius 3 is 2.79 bits per heavy atom. The molecule has 2 atom stereocenters. The molecule has 0 saturated carbocycles. The minimum absolute atomic E-state index is 0.00619. The zero-order chi connectivity index (χ0) is 30.1. The minimum atomic E-state index is -0.981. The molecule has 0 unspecified atom stereocenters. The van der Waals surface area contributed by atoms with Gasteiger partial charge >= 0.3 is 5.91 Å². The summed E-state index contributed by atoms with van der Waals surface area (Å²) < 4.78 is 26.3. The first-order valence-corrected chi connectivity index (χ1v) is 15.7. The van der Waals surface area contributed by atoms with Crippen LogP contribution in [0.1, 0.15) is 48.6 Å². The molecular formula is C32H28FN3O5S2. The summed E-state index contributed by atoms with van der Waals surface area (Å²) in [6.45, 7) is 4.46. The predicted octanol–water partition coefficient (Wildman–Crippen LogP) is 6.71. The van der Waals surface area contributed by atoms with Gasteiger partial charge in [0.2, 0.25) is 5.13 Å². The molecular weight excluding hydrogens is 590 g/mol. The van der Waals surface area contributed by atoms with Gasteiger partial charge in [-0.2, -0.15) is 0 Å². The number of rotatable bonds is 9. The van der Waals surface area contributed by atoms with Crippen LogP contribution < -0.4 is 14.4 Å². The van der Waals surface area contributed by atoms with Gasteiger partial charge in [0.15, 0.2) is 4.34 Å². The van der Waals surface area contributed by atoms with E-state index in [4.69, 9.17) is 9.47 Å². The van der Waals surface area contributed by atoms with Crippen LogP contribution >= 0.6 is 23.1 Å². The number of ether oxygens (including phenoxy) is 2. The highest BCUT2D eigenvalue weighted by molar-refractivity contribution is 8.00. The second kappa shape index (κ2) is 12.2. The van der Waals surface area contributed by atoms with Gasteiger partial charge in [-0.3, -0.25) is 14.5 Å². The number of fused-ring (bicyclic) bond motifs is 1. The van der Waals surface area contributed by atoms with Crippen molar-refractivity contribution < 1.29 is 28.6 Å². The highest BCUT2D eigenvalue weighted by Gasteiger charge is 2.48. The number of carbonyl (C=O) groups excluding carboxylic acids is 2. The molecule has 0 aliphatic carbocycles. The van der Waals surface area contributed by atoms with Gasteiger partial charge in [-0.25, -0.2) is 4.39 Å². The van der Waals surface area contributed by atoms with Crippen molar-refractivity contribution in [2.24, 2.45) is 0 Å². The molecule has 0 bridgehead atoms. The zero-order valence-electron chi connectivity index (χ0n) is 23.5. The molecule has 11 heteroatoms. The van der Waals surface area contributed by atoms with Crippen LogP contribution in [-0.2, 0) is 21.8 Å². The molecule has 220 valence electrons. The summed E-state index contributed by atoms with van der Waals surface area (Å²) in [4.78, 5) is 28.5. The number of thioether (sulfide) groups is 1. The average molecular weight is 618 g/mol. The molecule has 2 aliphatic rings. The summed E-state index contributed by atoms with van der Waals surface area (Å²) in [6.07, 6.45) is 1.48. The third kappa shape index (κ3) is 5.74. The van der Waals surface area contributed by atoms with Crippen LogP contribution in [0.4, 0.5) is 9.52 Å². The van der Waals surface area contributed by atoms with Gasteiger partial charge in [0.1, 0.15) is 29.2 Å². The lowest BCUT2D eigenvalue weighted by atomic mass is 9.94. The smallest absolute Gasteiger partial charge is 0.301 e. The number of aliphatic hydroxyl groups is 1. The van der Waals surface area contributed by atoms with Crippen molar-refractivity contribution in [2.45, 2.75) is 48.9 Å². The molecule has 1 fully saturated rings. The van der Waals surface area contributed by atoms with E-state index in [1.807, 2.05) is 13.8 Å². The Morgan fingerprint density at radius 1 is 1.14 bits per heavy atom. The molecule has 0 spiro atoms. The fraction of sp³-hybridized carbons (Fsp3) is 0.250. The van der Waals surface area contributed by atoms with Crippen molar-refractivity contribution in [2.75, 3.05) is 11.5 Å². The van der Waals surface area contributed by atoms with Crippen molar-refractivity contribution in [1.29, 1.82) is 0 Å². The molecule has 3 heterocycles. The Morgan fingerprint density at radius 2 is 1.98 bits per heavy atom. The largest absolute Gasteiger partial charge is 0.507 e. The first-order valence-electron chi connectivity index (χ1n) is 13.9. The molecule has 1 aromatic heterocycles. The molecule has 43 heavy (non-hydrogen) atoms. The number of aromatic nitrogens is 2. The zero-order valence-corrected chi connectivity index (χ0v) is 25.1. The average Bonchev–Trinajstić information content (AvgIpc) is 3.70. The van der Waals surface area contributed by atoms with E-state index in [9.17, 15) is 19.1 Å². The number of nitrogens with zero attached hydrogens (tertiary/aromatic N) is 3. The van der Waals surface area contributed by atoms with Crippen molar-refractivity contribution in [3.8, 4) is 11.5 Å². The Kier molecular flexibility index (Phi) is 8.18. The standard InChI is InChI=1S/C32H28FN3O5S2/c1-3-13-40-23-9-6-8-19(16-23)27-26(28(37)20-11-12-25-22(15-20)14-18(2)41-25)29(38)30(39)36(27)31-34-35-32(43-31)42-17-21-7-4-5-10-24(21)33/h4-12,15-16,18,27,37H,3,13-14,17H2,1-2H3/t18-,27+/m1/s1. The second-order valence-electron chi connectivity index (χ2n) is 10.3. The lowest BCUT2D eigenvalue weighted by molar-refractivity contribution is -0.132. The number of amides is 1. The number of hydrogen-bond donors (Lipinski definition) is 1. The second-order valence-corrected chi connectivity index (χ2v) is 12.5. The molecule has 8 nitrogen and oxygen atoms in total. The van der Waals surface area contributed by atoms with Gasteiger partial charge in [-0.15, -0.1) is 10.2 Å². The number of hydrogen-bond acceptors (Lipinski definition) is 9. The third-order valence-corrected chi connectivity index (χ3v) is 9.28. The maximum Gasteiger partial charge on any atom is 0.301 e. The van der Waals surface area contributed by atoms with Crippen LogP contribution in [0.3, 0.4) is 0 Å². The molecule has 1 saturated heterocycles. The van der Waals surface area contributed by atoms with Gasteiger partial charge in [0, 0.05) is 17.7 Å². The number of ketones is 1. The Bertz CT molecular complexity index is 1740. The van der Waals surface area contributed by atoms with Crippen LogP contribution in [0.15, 0.2) is 76.6 Å². The molecule has 2 aliphatic heterocycles. The highest BCUT2D eigenvalue weighted by Crippen LogP contribution is 2.45. The SMILES string of the molecule is CCCOc1cccc([C@H]2C(=C(O)c3ccc4c(c3)C[C@@H](C)O4)C(=O)C(=O)N2c2nnc(SCc3ccccc3F)s2)c1. The molecule has 3 aromatic carbocycles. The van der Waals surface area contributed by atoms with Crippen molar-refractivity contribution in [3.05, 3.63) is 100 Å². The topological polar surface area (TPSA) is 102 Å². The quantitative estimate of drug-likeness (QED) is 0.0727. The number of benzene rings is 3. The molecule has 1 N–H and O–H groups in total. The van der Waals surface area contributed by atoms with Gasteiger partial charge in [0.25, 0.3) is 5.78 Å². The number of Topliss-reactive ketones (excluding diaryl/α,β-unsaturated/α-hetero) is 1. The van der Waals surface area contributed by atoms with Gasteiger partial charge in [-0.05, 0) is 66.4 Å². The first-order chi connectivity index (χ1) is 20.8. The van der Waals surface area contributed by atoms with Crippen LogP contribution in [0.2, 0.25) is 0 Å². The summed E-state index contributed by atoms with van der Waals surface area (Å²) in [6, 6.07) is 17.9. The van der Waals surface area contributed by atoms with E-state index in [0.717, 1.165) is 29.1 Å². The van der Waals surface area contributed by atoms with Crippen LogP contribution in [0.25, 0.3) is 5.76 Å². The van der Waals surface area contributed by atoms with E-state index in [1.165, 1.54) is 22.7 Å². The van der Waals surface area contributed by atoms with Crippen molar-refractivity contribution in [1.82, 2.24) is 10.2 Å². The highest BCUT2D eigenvalue weighted by atomic mass is 32.2. The lowest BCUT2D eigenvalue weighted by Crippen LogP contribution is -2.29. The van der Waals surface area contributed by atoms with Gasteiger partial charge < -0.3 is 14.6 Å². The fourth-order valence-corrected chi connectivity index (χ4v) is 7.03. The summed E-state index contributed by atoms with van der Waals surface area (Å²) in [5.74, 6) is -0.631. The summed E-state index contributed by atoms with van der Waals surface area (Å²) >= 11 is 2.40. The summed E-state index contributed by atoms with van der Waals surface area (Å²) in [5, 5.41) is 20.2. The van der Waals surface area contributed by atoms with E-state index >= 15 is 0 Å². The maximum atomic E-state index is 14.2. The van der Waals surface area contributed by atoms with E-state index in [-0.39, 0.29) is 28.4 Å². The number of anilines is 1. The first kappa shape index (κ1) is 28.9. The van der Waals surface area contributed by atoms with E-state index < -0.39 is 17.7 Å². The predicted molar refractivity (Wildman–Crippen MR) is 163 cm³/mol. The number of carbonyl (C=O) groups is 2. The van der Waals surface area contributed by atoms with Crippen molar-refractivity contribution >= 4 is 45.7 Å². The van der Waals surface area contributed by atoms with Crippen molar-refractivity contribution in [3.63, 3.8) is 0 Å².